The molecule has 10 rings (SSSR count). The van der Waals surface area contributed by atoms with Crippen molar-refractivity contribution in [1.82, 2.24) is 0 Å². The largest absolute Gasteiger partial charge is 0.0616 e. The second kappa shape index (κ2) is 11.0. The number of hydrogen-bond donors (Lipinski definition) is 0. The maximum absolute atomic E-state index is 2.60. The fourth-order valence-corrected chi connectivity index (χ4v) is 10.3. The molecule has 2 aliphatic carbocycles. The van der Waals surface area contributed by atoms with Crippen LogP contribution < -0.4 is 0 Å². The highest BCUT2D eigenvalue weighted by Crippen LogP contribution is 2.59. The zero-order valence-corrected chi connectivity index (χ0v) is 32.2. The molecule has 0 amide bonds. The van der Waals surface area contributed by atoms with Gasteiger partial charge in [0.2, 0.25) is 0 Å². The minimum Gasteiger partial charge on any atom is -0.0616 e. The average molecular weight is 683 g/mol. The molecule has 0 nitrogen and oxygen atoms in total. The van der Waals surface area contributed by atoms with E-state index < -0.39 is 0 Å². The Balaban J connectivity index is 1.22. The van der Waals surface area contributed by atoms with E-state index >= 15 is 0 Å². The van der Waals surface area contributed by atoms with Gasteiger partial charge in [0.25, 0.3) is 0 Å². The molecule has 0 heterocycles. The van der Waals surface area contributed by atoms with Crippen molar-refractivity contribution in [3.63, 3.8) is 0 Å². The smallest absolute Gasteiger partial charge is 0.0351 e. The van der Waals surface area contributed by atoms with Crippen molar-refractivity contribution in [3.8, 4) is 22.3 Å². The molecule has 0 aromatic heterocycles. The molecule has 2 aliphatic rings. The molecule has 53 heavy (non-hydrogen) atoms. The van der Waals surface area contributed by atoms with Crippen LogP contribution in [0.2, 0.25) is 0 Å². The summed E-state index contributed by atoms with van der Waals surface area (Å²) in [5.41, 5.74) is 20.5. The van der Waals surface area contributed by atoms with Crippen molar-refractivity contribution < 1.29 is 0 Å². The van der Waals surface area contributed by atoms with Crippen molar-refractivity contribution in [2.75, 3.05) is 0 Å². The van der Waals surface area contributed by atoms with Crippen molar-refractivity contribution in [2.45, 2.75) is 72.1 Å². The van der Waals surface area contributed by atoms with Gasteiger partial charge in [0.1, 0.15) is 0 Å². The molecular formula is C53H46. The number of benzene rings is 8. The van der Waals surface area contributed by atoms with Crippen molar-refractivity contribution in [2.24, 2.45) is 0 Å². The first-order chi connectivity index (χ1) is 25.4. The molecule has 8 aromatic rings. The molecule has 0 spiro atoms. The molecule has 0 saturated heterocycles. The van der Waals surface area contributed by atoms with E-state index in [-0.39, 0.29) is 16.7 Å². The van der Waals surface area contributed by atoms with Gasteiger partial charge in [-0.25, -0.2) is 0 Å². The van der Waals surface area contributed by atoms with Gasteiger partial charge in [-0.2, -0.15) is 0 Å². The molecule has 0 unspecified atom stereocenters. The van der Waals surface area contributed by atoms with Gasteiger partial charge in [0.05, 0.1) is 0 Å². The first kappa shape index (κ1) is 32.2. The Morgan fingerprint density at radius 3 is 1.49 bits per heavy atom. The van der Waals surface area contributed by atoms with E-state index in [1.54, 1.807) is 0 Å². The number of hydrogen-bond acceptors (Lipinski definition) is 0. The molecule has 8 aromatic carbocycles. The maximum Gasteiger partial charge on any atom is 0.0351 e. The Hall–Kier alpha value is -5.46. The SMILES string of the molecule is Cc1ccc(C(c2ccc(C)cc2C)c2cc3c(c4ccccc24)-c2cc4c(cc2C3(C)C)-c2cc3cc5ccccc5cc3cc2C4(C)C)c(C)c1. The molecule has 0 aliphatic heterocycles. The Morgan fingerprint density at radius 2 is 0.868 bits per heavy atom. The first-order valence-electron chi connectivity index (χ1n) is 19.3. The zero-order chi connectivity index (χ0) is 36.6. The first-order valence-corrected chi connectivity index (χ1v) is 19.3. The van der Waals surface area contributed by atoms with Crippen LogP contribution in [0.1, 0.15) is 94.8 Å². The number of rotatable bonds is 3. The Morgan fingerprint density at radius 1 is 0.377 bits per heavy atom. The van der Waals surface area contributed by atoms with Crippen molar-refractivity contribution in [3.05, 3.63) is 189 Å². The van der Waals surface area contributed by atoms with E-state index in [2.05, 4.69) is 183 Å². The minimum atomic E-state index is -0.173. The summed E-state index contributed by atoms with van der Waals surface area (Å²) in [6.07, 6.45) is 0. The van der Waals surface area contributed by atoms with Gasteiger partial charge >= 0.3 is 0 Å². The average Bonchev–Trinajstić information content (AvgIpc) is 3.49. The van der Waals surface area contributed by atoms with Crippen LogP contribution in [0.4, 0.5) is 0 Å². The third kappa shape index (κ3) is 4.54. The van der Waals surface area contributed by atoms with Gasteiger partial charge < -0.3 is 0 Å². The van der Waals surface area contributed by atoms with Crippen LogP contribution in [-0.2, 0) is 10.8 Å². The number of aryl methyl sites for hydroxylation is 4. The van der Waals surface area contributed by atoms with Crippen molar-refractivity contribution in [1.29, 1.82) is 0 Å². The van der Waals surface area contributed by atoms with Gasteiger partial charge in [0, 0.05) is 16.7 Å². The predicted molar refractivity (Wildman–Crippen MR) is 227 cm³/mol. The van der Waals surface area contributed by atoms with Gasteiger partial charge in [-0.05, 0) is 169 Å². The van der Waals surface area contributed by atoms with Crippen LogP contribution in [-0.4, -0.2) is 0 Å². The van der Waals surface area contributed by atoms with Crippen molar-refractivity contribution >= 4 is 32.3 Å². The van der Waals surface area contributed by atoms with E-state index in [0.717, 1.165) is 0 Å². The molecule has 0 saturated carbocycles. The molecule has 0 atom stereocenters. The van der Waals surface area contributed by atoms with E-state index in [1.165, 1.54) is 116 Å². The summed E-state index contributed by atoms with van der Waals surface area (Å²) in [5, 5.41) is 7.94. The second-order valence-electron chi connectivity index (χ2n) is 17.2. The lowest BCUT2D eigenvalue weighted by Crippen LogP contribution is -2.17. The summed E-state index contributed by atoms with van der Waals surface area (Å²) in [4.78, 5) is 0. The van der Waals surface area contributed by atoms with E-state index in [0.29, 0.717) is 0 Å². The van der Waals surface area contributed by atoms with Gasteiger partial charge in [-0.15, -0.1) is 0 Å². The lowest BCUT2D eigenvalue weighted by molar-refractivity contribution is 0.652. The van der Waals surface area contributed by atoms with Crippen LogP contribution >= 0.6 is 0 Å². The highest BCUT2D eigenvalue weighted by atomic mass is 14.5. The summed E-state index contributed by atoms with van der Waals surface area (Å²) < 4.78 is 0. The molecule has 0 heteroatoms. The highest BCUT2D eigenvalue weighted by Gasteiger charge is 2.43. The summed E-state index contributed by atoms with van der Waals surface area (Å²) >= 11 is 0. The highest BCUT2D eigenvalue weighted by molar-refractivity contribution is 6.07. The van der Waals surface area contributed by atoms with E-state index in [9.17, 15) is 0 Å². The van der Waals surface area contributed by atoms with Gasteiger partial charge in [-0.1, -0.05) is 130 Å². The summed E-state index contributed by atoms with van der Waals surface area (Å²) in [5.74, 6) is 0.117. The lowest BCUT2D eigenvalue weighted by atomic mass is 9.75. The third-order valence-corrected chi connectivity index (χ3v) is 13.1. The topological polar surface area (TPSA) is 0 Å². The molecule has 258 valence electrons. The van der Waals surface area contributed by atoms with Crippen LogP contribution in [0.25, 0.3) is 54.6 Å². The van der Waals surface area contributed by atoms with Gasteiger partial charge in [-0.3, -0.25) is 0 Å². The maximum atomic E-state index is 2.60. The summed E-state index contributed by atoms with van der Waals surface area (Å²) in [6, 6.07) is 49.5. The summed E-state index contributed by atoms with van der Waals surface area (Å²) in [7, 11) is 0. The standard InChI is InChI=1S/C53H46/c1-30-17-19-38(32(3)21-30)50(39-20-18-31(2)22-33(39)4)44-28-49-51(41-16-12-11-15-40(41)44)45-29-47-43(27-48(45)53(49,7)8)42-25-36-23-34-13-9-10-14-35(34)24-37(36)26-46(42)52(47,5)6/h9-29,50H,1-8H3. The quantitative estimate of drug-likeness (QED) is 0.129. The second-order valence-corrected chi connectivity index (χ2v) is 17.2. The number of fused-ring (bicyclic) bond motifs is 10. The Kier molecular flexibility index (Phi) is 6.70. The monoisotopic (exact) mass is 682 g/mol. The van der Waals surface area contributed by atoms with Gasteiger partial charge in [0.15, 0.2) is 0 Å². The molecule has 0 N–H and O–H groups in total. The molecule has 0 fully saturated rings. The van der Waals surface area contributed by atoms with Crippen LogP contribution in [0, 0.1) is 27.7 Å². The summed E-state index contributed by atoms with van der Waals surface area (Å²) in [6.45, 7) is 18.8. The zero-order valence-electron chi connectivity index (χ0n) is 32.2. The van der Waals surface area contributed by atoms with Crippen LogP contribution in [0.5, 0.6) is 0 Å². The van der Waals surface area contributed by atoms with Crippen LogP contribution in [0.15, 0.2) is 127 Å². The van der Waals surface area contributed by atoms with Crippen LogP contribution in [0.3, 0.4) is 0 Å². The molecular weight excluding hydrogens is 637 g/mol. The van der Waals surface area contributed by atoms with E-state index in [4.69, 9.17) is 0 Å². The normalized spacial score (nSPS) is 14.9. The van der Waals surface area contributed by atoms with E-state index in [1.807, 2.05) is 0 Å². The fourth-order valence-electron chi connectivity index (χ4n) is 10.3. The lowest BCUT2D eigenvalue weighted by Gasteiger charge is -2.28. The minimum absolute atomic E-state index is 0.112. The Bertz CT molecular complexity index is 2820. The fraction of sp³-hybridized carbons (Fsp3) is 0.208. The molecule has 0 bridgehead atoms. The molecule has 0 radical (unpaired) electrons. The predicted octanol–water partition coefficient (Wildman–Crippen LogP) is 14.2. The Labute approximate surface area is 314 Å². The third-order valence-electron chi connectivity index (χ3n) is 13.1.